The summed E-state index contributed by atoms with van der Waals surface area (Å²) in [5, 5.41) is 0. The third-order valence-electron chi connectivity index (χ3n) is 4.22. The first-order valence-electron chi connectivity index (χ1n) is 6.97. The average molecular weight is 239 g/mol. The summed E-state index contributed by atoms with van der Waals surface area (Å²) in [6, 6.07) is 1.21. The van der Waals surface area contributed by atoms with Gasteiger partial charge < -0.3 is 9.80 Å². The molecule has 17 heavy (non-hydrogen) atoms. The molecule has 2 aliphatic rings. The maximum absolute atomic E-state index is 12.4. The molecule has 0 spiro atoms. The Morgan fingerprint density at radius 2 is 2.00 bits per heavy atom. The number of piperazine rings is 1. The van der Waals surface area contributed by atoms with Gasteiger partial charge in [0.15, 0.2) is 0 Å². The highest BCUT2D eigenvalue weighted by molar-refractivity contribution is 5.75. The van der Waals surface area contributed by atoms with Crippen molar-refractivity contribution in [2.45, 2.75) is 45.7 Å². The fourth-order valence-electron chi connectivity index (χ4n) is 3.13. The predicted octanol–water partition coefficient (Wildman–Crippen LogP) is 1.62. The zero-order chi connectivity index (χ0) is 12.4. The first kappa shape index (κ1) is 12.7. The van der Waals surface area contributed by atoms with Crippen LogP contribution in [-0.4, -0.2) is 65.5 Å². The van der Waals surface area contributed by atoms with Gasteiger partial charge in [-0.05, 0) is 40.2 Å². The van der Waals surface area contributed by atoms with Gasteiger partial charge in [-0.2, -0.15) is 0 Å². The fourth-order valence-corrected chi connectivity index (χ4v) is 3.13. The molecule has 0 aromatic carbocycles. The number of carbonyl (C=O) groups excluding carboxylic acids is 1. The highest BCUT2D eigenvalue weighted by Gasteiger charge is 2.37. The minimum absolute atomic E-state index is 0.231. The van der Waals surface area contributed by atoms with E-state index in [0.717, 1.165) is 26.2 Å². The van der Waals surface area contributed by atoms with E-state index >= 15 is 0 Å². The molecule has 2 unspecified atom stereocenters. The molecule has 0 saturated carbocycles. The normalized spacial score (nSPS) is 29.2. The first-order chi connectivity index (χ1) is 8.17. The summed E-state index contributed by atoms with van der Waals surface area (Å²) >= 11 is 0. The minimum Gasteiger partial charge on any atom is -0.325 e. The van der Waals surface area contributed by atoms with Gasteiger partial charge in [-0.3, -0.25) is 4.90 Å². The summed E-state index contributed by atoms with van der Waals surface area (Å²) < 4.78 is 0. The Labute approximate surface area is 105 Å². The van der Waals surface area contributed by atoms with Crippen LogP contribution >= 0.6 is 0 Å². The Morgan fingerprint density at radius 3 is 2.65 bits per heavy atom. The van der Waals surface area contributed by atoms with E-state index in [2.05, 4.69) is 30.6 Å². The van der Waals surface area contributed by atoms with E-state index in [4.69, 9.17) is 0 Å². The maximum atomic E-state index is 12.4. The molecule has 0 radical (unpaired) electrons. The molecular formula is C13H25N3O. The van der Waals surface area contributed by atoms with Crippen LogP contribution in [0.2, 0.25) is 0 Å². The Balaban J connectivity index is 2.02. The molecule has 98 valence electrons. The van der Waals surface area contributed by atoms with Crippen LogP contribution in [0.1, 0.15) is 33.6 Å². The lowest BCUT2D eigenvalue weighted by Gasteiger charge is -2.43. The number of hydrogen-bond acceptors (Lipinski definition) is 2. The first-order valence-corrected chi connectivity index (χ1v) is 6.97. The summed E-state index contributed by atoms with van der Waals surface area (Å²) in [6.45, 7) is 11.1. The fraction of sp³-hybridized carbons (Fsp3) is 0.923. The van der Waals surface area contributed by atoms with Gasteiger partial charge in [0, 0.05) is 38.3 Å². The zero-order valence-electron chi connectivity index (χ0n) is 11.4. The molecule has 2 aliphatic heterocycles. The Morgan fingerprint density at radius 1 is 1.29 bits per heavy atom. The molecule has 0 bridgehead atoms. The third-order valence-corrected chi connectivity index (χ3v) is 4.22. The average Bonchev–Trinajstić information content (AvgIpc) is 2.76. The topological polar surface area (TPSA) is 26.8 Å². The van der Waals surface area contributed by atoms with Gasteiger partial charge in [-0.25, -0.2) is 4.79 Å². The number of rotatable bonds is 2. The smallest absolute Gasteiger partial charge is 0.320 e. The van der Waals surface area contributed by atoms with Crippen molar-refractivity contribution in [2.75, 3.05) is 32.7 Å². The van der Waals surface area contributed by atoms with Gasteiger partial charge in [0.05, 0.1) is 0 Å². The van der Waals surface area contributed by atoms with E-state index in [1.54, 1.807) is 0 Å². The van der Waals surface area contributed by atoms with Crippen LogP contribution in [0.3, 0.4) is 0 Å². The molecule has 0 aromatic rings. The lowest BCUT2D eigenvalue weighted by atomic mass is 10.1. The van der Waals surface area contributed by atoms with E-state index < -0.39 is 0 Å². The van der Waals surface area contributed by atoms with Crippen molar-refractivity contribution in [3.05, 3.63) is 0 Å². The molecule has 0 aliphatic carbocycles. The molecule has 4 heteroatoms. The van der Waals surface area contributed by atoms with Gasteiger partial charge >= 0.3 is 6.03 Å². The Hall–Kier alpha value is -0.770. The molecule has 2 amide bonds. The molecule has 2 rings (SSSR count). The minimum atomic E-state index is 0.231. The lowest BCUT2D eigenvalue weighted by Crippen LogP contribution is -2.59. The molecule has 2 atom stereocenters. The number of urea groups is 1. The number of carbonyl (C=O) groups is 1. The van der Waals surface area contributed by atoms with Crippen molar-refractivity contribution >= 4 is 6.03 Å². The second kappa shape index (κ2) is 5.25. The van der Waals surface area contributed by atoms with Gasteiger partial charge in [0.2, 0.25) is 0 Å². The van der Waals surface area contributed by atoms with Crippen LogP contribution in [-0.2, 0) is 0 Å². The van der Waals surface area contributed by atoms with Crippen molar-refractivity contribution in [1.29, 1.82) is 0 Å². The molecular weight excluding hydrogens is 214 g/mol. The standard InChI is InChI=1S/C13H25N3O/c1-4-14(5-2)13(17)16-10-12-7-6-8-15(12)9-11(16)3/h11-12H,4-10H2,1-3H3. The highest BCUT2D eigenvalue weighted by atomic mass is 16.2. The van der Waals surface area contributed by atoms with Crippen LogP contribution in [0, 0.1) is 0 Å². The summed E-state index contributed by atoms with van der Waals surface area (Å²) in [5.74, 6) is 0. The second-order valence-corrected chi connectivity index (χ2v) is 5.25. The van der Waals surface area contributed by atoms with Crippen molar-refractivity contribution in [1.82, 2.24) is 14.7 Å². The van der Waals surface area contributed by atoms with E-state index in [1.807, 2.05) is 4.90 Å². The van der Waals surface area contributed by atoms with Crippen LogP contribution in [0.15, 0.2) is 0 Å². The maximum Gasteiger partial charge on any atom is 0.320 e. The van der Waals surface area contributed by atoms with Crippen LogP contribution in [0.25, 0.3) is 0 Å². The number of fused-ring (bicyclic) bond motifs is 1. The SMILES string of the molecule is CCN(CC)C(=O)N1CC2CCCN2CC1C. The summed E-state index contributed by atoms with van der Waals surface area (Å²) in [7, 11) is 0. The van der Waals surface area contributed by atoms with Crippen molar-refractivity contribution in [3.63, 3.8) is 0 Å². The Kier molecular flexibility index (Phi) is 3.92. The molecule has 4 nitrogen and oxygen atoms in total. The van der Waals surface area contributed by atoms with Gasteiger partial charge in [-0.15, -0.1) is 0 Å². The molecule has 2 heterocycles. The van der Waals surface area contributed by atoms with E-state index in [9.17, 15) is 4.79 Å². The molecule has 2 fully saturated rings. The van der Waals surface area contributed by atoms with E-state index in [0.29, 0.717) is 12.1 Å². The summed E-state index contributed by atoms with van der Waals surface area (Å²) in [4.78, 5) is 19.0. The quantitative estimate of drug-likeness (QED) is 0.732. The van der Waals surface area contributed by atoms with Crippen molar-refractivity contribution < 1.29 is 4.79 Å². The number of hydrogen-bond donors (Lipinski definition) is 0. The highest BCUT2D eigenvalue weighted by Crippen LogP contribution is 2.25. The van der Waals surface area contributed by atoms with Gasteiger partial charge in [-0.1, -0.05) is 0 Å². The summed E-state index contributed by atoms with van der Waals surface area (Å²) in [6.07, 6.45) is 2.55. The van der Waals surface area contributed by atoms with Gasteiger partial charge in [0.1, 0.15) is 0 Å². The second-order valence-electron chi connectivity index (χ2n) is 5.25. The van der Waals surface area contributed by atoms with E-state index in [-0.39, 0.29) is 6.03 Å². The van der Waals surface area contributed by atoms with E-state index in [1.165, 1.54) is 19.4 Å². The van der Waals surface area contributed by atoms with Crippen molar-refractivity contribution in [2.24, 2.45) is 0 Å². The number of nitrogens with zero attached hydrogens (tertiary/aromatic N) is 3. The summed E-state index contributed by atoms with van der Waals surface area (Å²) in [5.41, 5.74) is 0. The monoisotopic (exact) mass is 239 g/mol. The zero-order valence-corrected chi connectivity index (χ0v) is 11.4. The third kappa shape index (κ3) is 2.41. The predicted molar refractivity (Wildman–Crippen MR) is 69.1 cm³/mol. The lowest BCUT2D eigenvalue weighted by molar-refractivity contribution is 0.0645. The molecule has 2 saturated heterocycles. The number of amides is 2. The van der Waals surface area contributed by atoms with Crippen LogP contribution in [0.4, 0.5) is 4.79 Å². The Bertz CT molecular complexity index is 278. The molecule has 0 aromatic heterocycles. The molecule has 0 N–H and O–H groups in total. The largest absolute Gasteiger partial charge is 0.325 e. The van der Waals surface area contributed by atoms with Gasteiger partial charge in [0.25, 0.3) is 0 Å². The van der Waals surface area contributed by atoms with Crippen LogP contribution in [0.5, 0.6) is 0 Å². The van der Waals surface area contributed by atoms with Crippen LogP contribution < -0.4 is 0 Å². The van der Waals surface area contributed by atoms with Crippen molar-refractivity contribution in [3.8, 4) is 0 Å².